The maximum Gasteiger partial charge on any atom is 0.239 e. The van der Waals surface area contributed by atoms with Crippen LogP contribution in [0.15, 0.2) is 59.6 Å². The molecule has 1 aliphatic rings. The van der Waals surface area contributed by atoms with Gasteiger partial charge in [0.25, 0.3) is 0 Å². The number of anilines is 1. The molecule has 7 heteroatoms. The smallest absolute Gasteiger partial charge is 0.239 e. The van der Waals surface area contributed by atoms with Gasteiger partial charge in [-0.2, -0.15) is 0 Å². The van der Waals surface area contributed by atoms with Gasteiger partial charge >= 0.3 is 0 Å². The normalized spacial score (nSPS) is 15.4. The molecule has 166 valence electrons. The molecule has 31 heavy (non-hydrogen) atoms. The number of nitrogens with zero attached hydrogens (tertiary/aromatic N) is 2. The summed E-state index contributed by atoms with van der Waals surface area (Å²) in [6.45, 7) is 6.19. The van der Waals surface area contributed by atoms with Crippen molar-refractivity contribution in [1.82, 2.24) is 16.0 Å². The number of hydrogen-bond acceptors (Lipinski definition) is 4. The Bertz CT molecular complexity index is 839. The Labute approximate surface area is 184 Å². The minimum atomic E-state index is 0.0757. The van der Waals surface area contributed by atoms with E-state index in [1.165, 1.54) is 5.56 Å². The number of carbonyl (C=O) groups is 1. The zero-order valence-electron chi connectivity index (χ0n) is 18.4. The Morgan fingerprint density at radius 3 is 2.65 bits per heavy atom. The summed E-state index contributed by atoms with van der Waals surface area (Å²) < 4.78 is 5.91. The Hall–Kier alpha value is -3.06. The largest absolute Gasteiger partial charge is 0.374 e. The molecule has 3 N–H and O–H groups in total. The van der Waals surface area contributed by atoms with Gasteiger partial charge in [0.05, 0.1) is 12.6 Å². The first kappa shape index (κ1) is 22.6. The maximum absolute atomic E-state index is 11.6. The molecular weight excluding hydrogens is 390 g/mol. The van der Waals surface area contributed by atoms with Gasteiger partial charge in [-0.15, -0.1) is 0 Å². The lowest BCUT2D eigenvalue weighted by molar-refractivity contribution is -0.120. The number of ether oxygens (including phenoxy) is 1. The minimum absolute atomic E-state index is 0.0757. The summed E-state index contributed by atoms with van der Waals surface area (Å²) in [7, 11) is 1.77. The average molecular weight is 424 g/mol. The van der Waals surface area contributed by atoms with Crippen LogP contribution in [0.4, 0.5) is 5.69 Å². The first-order chi connectivity index (χ1) is 15.2. The number of carbonyl (C=O) groups excluding carboxylic acids is 1. The first-order valence-electron chi connectivity index (χ1n) is 10.9. The van der Waals surface area contributed by atoms with E-state index in [9.17, 15) is 4.79 Å². The second-order valence-electron chi connectivity index (χ2n) is 7.57. The van der Waals surface area contributed by atoms with Crippen LogP contribution in [0.3, 0.4) is 0 Å². The fourth-order valence-electron chi connectivity index (χ4n) is 3.45. The van der Waals surface area contributed by atoms with Gasteiger partial charge in [-0.1, -0.05) is 42.5 Å². The van der Waals surface area contributed by atoms with Crippen LogP contribution >= 0.6 is 0 Å². The molecule has 1 atom stereocenters. The molecule has 0 aromatic heterocycles. The third-order valence-electron chi connectivity index (χ3n) is 5.27. The topological polar surface area (TPSA) is 78.0 Å². The molecule has 2 aromatic carbocycles. The van der Waals surface area contributed by atoms with Gasteiger partial charge in [0.1, 0.15) is 0 Å². The molecule has 1 aliphatic heterocycles. The summed E-state index contributed by atoms with van der Waals surface area (Å²) in [4.78, 5) is 17.9. The molecule has 0 aliphatic carbocycles. The van der Waals surface area contributed by atoms with E-state index in [1.807, 2.05) is 18.2 Å². The first-order valence-corrected chi connectivity index (χ1v) is 10.9. The van der Waals surface area contributed by atoms with E-state index in [4.69, 9.17) is 4.74 Å². The molecule has 0 spiro atoms. The van der Waals surface area contributed by atoms with Gasteiger partial charge in [-0.3, -0.25) is 9.79 Å². The molecule has 1 saturated heterocycles. The van der Waals surface area contributed by atoms with E-state index in [1.54, 1.807) is 7.05 Å². The summed E-state index contributed by atoms with van der Waals surface area (Å²) in [5, 5.41) is 9.52. The van der Waals surface area contributed by atoms with E-state index in [0.717, 1.165) is 36.7 Å². The standard InChI is InChI=1S/C24H33N5O2/c1-19(21-7-4-3-5-8-21)31-16-6-13-27-24(25-2)28-17-20-9-11-22(12-10-20)29-15-14-26-23(30)18-29/h3-5,7-12,19H,6,13-18H2,1-2H3,(H,26,30)(H2,25,27,28). The van der Waals surface area contributed by atoms with Crippen LogP contribution in [0.2, 0.25) is 0 Å². The monoisotopic (exact) mass is 423 g/mol. The van der Waals surface area contributed by atoms with Crippen molar-refractivity contribution in [2.75, 3.05) is 44.7 Å². The average Bonchev–Trinajstić information content (AvgIpc) is 2.81. The Kier molecular flexibility index (Phi) is 8.72. The van der Waals surface area contributed by atoms with Gasteiger partial charge in [0.15, 0.2) is 5.96 Å². The van der Waals surface area contributed by atoms with E-state index in [-0.39, 0.29) is 12.0 Å². The molecule has 1 heterocycles. The molecule has 1 fully saturated rings. The van der Waals surface area contributed by atoms with Crippen LogP contribution in [0.1, 0.15) is 30.6 Å². The Morgan fingerprint density at radius 1 is 1.16 bits per heavy atom. The predicted molar refractivity (Wildman–Crippen MR) is 125 cm³/mol. The summed E-state index contributed by atoms with van der Waals surface area (Å²) in [5.41, 5.74) is 3.43. The molecule has 1 amide bonds. The second kappa shape index (κ2) is 12.0. The van der Waals surface area contributed by atoms with E-state index >= 15 is 0 Å². The van der Waals surface area contributed by atoms with Crippen molar-refractivity contribution < 1.29 is 9.53 Å². The lowest BCUT2D eigenvalue weighted by Gasteiger charge is -2.28. The summed E-state index contributed by atoms with van der Waals surface area (Å²) in [6.07, 6.45) is 0.997. The van der Waals surface area contributed by atoms with E-state index in [2.05, 4.69) is 69.2 Å². The van der Waals surface area contributed by atoms with Crippen molar-refractivity contribution in [3.05, 3.63) is 65.7 Å². The molecule has 0 bridgehead atoms. The van der Waals surface area contributed by atoms with Gasteiger partial charge in [0.2, 0.25) is 5.91 Å². The molecule has 0 saturated carbocycles. The molecular formula is C24H33N5O2. The summed E-state index contributed by atoms with van der Waals surface area (Å²) in [6, 6.07) is 18.6. The van der Waals surface area contributed by atoms with Crippen LogP contribution in [0.25, 0.3) is 0 Å². The zero-order chi connectivity index (χ0) is 21.9. The van der Waals surface area contributed by atoms with E-state index in [0.29, 0.717) is 26.2 Å². The number of aliphatic imine (C=N–C) groups is 1. The highest BCUT2D eigenvalue weighted by atomic mass is 16.5. The fourth-order valence-corrected chi connectivity index (χ4v) is 3.45. The number of nitrogens with one attached hydrogen (secondary N) is 3. The van der Waals surface area contributed by atoms with Crippen molar-refractivity contribution in [2.45, 2.75) is 26.0 Å². The van der Waals surface area contributed by atoms with Crippen molar-refractivity contribution in [1.29, 1.82) is 0 Å². The lowest BCUT2D eigenvalue weighted by atomic mass is 10.1. The fraction of sp³-hybridized carbons (Fsp3) is 0.417. The number of hydrogen-bond donors (Lipinski definition) is 3. The maximum atomic E-state index is 11.6. The molecule has 3 rings (SSSR count). The molecule has 7 nitrogen and oxygen atoms in total. The quantitative estimate of drug-likeness (QED) is 0.328. The molecule has 2 aromatic rings. The number of amides is 1. The third-order valence-corrected chi connectivity index (χ3v) is 5.27. The van der Waals surface area contributed by atoms with Crippen LogP contribution in [-0.2, 0) is 16.1 Å². The minimum Gasteiger partial charge on any atom is -0.374 e. The van der Waals surface area contributed by atoms with Crippen molar-refractivity contribution in [2.24, 2.45) is 4.99 Å². The number of piperazine rings is 1. The number of guanidine groups is 1. The van der Waals surface area contributed by atoms with Crippen molar-refractivity contribution in [3.63, 3.8) is 0 Å². The number of rotatable bonds is 9. The number of benzene rings is 2. The predicted octanol–water partition coefficient (Wildman–Crippen LogP) is 2.46. The van der Waals surface area contributed by atoms with Crippen molar-refractivity contribution in [3.8, 4) is 0 Å². The highest BCUT2D eigenvalue weighted by Gasteiger charge is 2.16. The van der Waals surface area contributed by atoms with Gasteiger partial charge in [-0.05, 0) is 36.6 Å². The Balaban J connectivity index is 1.34. The van der Waals surface area contributed by atoms with Crippen LogP contribution in [0.5, 0.6) is 0 Å². The molecule has 0 radical (unpaired) electrons. The third kappa shape index (κ3) is 7.29. The second-order valence-corrected chi connectivity index (χ2v) is 7.57. The van der Waals surface area contributed by atoms with Crippen LogP contribution in [0, 0.1) is 0 Å². The van der Waals surface area contributed by atoms with Gasteiger partial charge < -0.3 is 25.6 Å². The SMILES string of the molecule is CN=C(NCCCOC(C)c1ccccc1)NCc1ccc(N2CCNC(=O)C2)cc1. The Morgan fingerprint density at radius 2 is 1.94 bits per heavy atom. The summed E-state index contributed by atoms with van der Waals surface area (Å²) in [5.74, 6) is 0.847. The highest BCUT2D eigenvalue weighted by Crippen LogP contribution is 2.16. The highest BCUT2D eigenvalue weighted by molar-refractivity contribution is 5.82. The lowest BCUT2D eigenvalue weighted by Crippen LogP contribution is -2.47. The molecule has 1 unspecified atom stereocenters. The summed E-state index contributed by atoms with van der Waals surface area (Å²) >= 11 is 0. The van der Waals surface area contributed by atoms with Gasteiger partial charge in [-0.25, -0.2) is 0 Å². The zero-order valence-corrected chi connectivity index (χ0v) is 18.4. The van der Waals surface area contributed by atoms with E-state index < -0.39 is 0 Å². The van der Waals surface area contributed by atoms with Crippen LogP contribution < -0.4 is 20.9 Å². The van der Waals surface area contributed by atoms with Crippen molar-refractivity contribution >= 4 is 17.6 Å². The van der Waals surface area contributed by atoms with Crippen LogP contribution in [-0.4, -0.2) is 51.7 Å². The van der Waals surface area contributed by atoms with Gasteiger partial charge in [0, 0.05) is 45.5 Å².